The average molecular weight is 288 g/mol. The fourth-order valence-corrected chi connectivity index (χ4v) is 2.04. The lowest BCUT2D eigenvalue weighted by molar-refractivity contribution is -0.241. The van der Waals surface area contributed by atoms with Crippen molar-refractivity contribution in [1.82, 2.24) is 0 Å². The number of ether oxygens (including phenoxy) is 4. The Labute approximate surface area is 117 Å². The van der Waals surface area contributed by atoms with Crippen LogP contribution in [0.5, 0.6) is 0 Å². The van der Waals surface area contributed by atoms with E-state index in [9.17, 15) is 14.4 Å². The maximum absolute atomic E-state index is 11.1. The summed E-state index contributed by atoms with van der Waals surface area (Å²) in [6, 6.07) is 0. The number of hydrogen-bond acceptors (Lipinski definition) is 7. The van der Waals surface area contributed by atoms with Gasteiger partial charge >= 0.3 is 17.9 Å². The van der Waals surface area contributed by atoms with Crippen LogP contribution in [0.25, 0.3) is 0 Å². The van der Waals surface area contributed by atoms with Crippen molar-refractivity contribution in [3.63, 3.8) is 0 Å². The van der Waals surface area contributed by atoms with Crippen molar-refractivity contribution in [1.29, 1.82) is 0 Å². The maximum Gasteiger partial charge on any atom is 0.304 e. The highest BCUT2D eigenvalue weighted by Gasteiger charge is 2.39. The lowest BCUT2D eigenvalue weighted by Crippen LogP contribution is -2.48. The second kappa shape index (κ2) is 7.23. The Balaban J connectivity index is 2.72. The lowest BCUT2D eigenvalue weighted by atomic mass is 9.92. The summed E-state index contributed by atoms with van der Waals surface area (Å²) in [7, 11) is 0. The number of esters is 3. The fraction of sp³-hybridized carbons (Fsp3) is 0.769. The first-order chi connectivity index (χ1) is 9.29. The molecule has 0 aromatic rings. The van der Waals surface area contributed by atoms with E-state index < -0.39 is 36.4 Å². The van der Waals surface area contributed by atoms with Gasteiger partial charge in [-0.3, -0.25) is 14.4 Å². The van der Waals surface area contributed by atoms with Gasteiger partial charge in [0, 0.05) is 33.1 Å². The van der Waals surface area contributed by atoms with E-state index in [2.05, 4.69) is 0 Å². The summed E-state index contributed by atoms with van der Waals surface area (Å²) >= 11 is 0. The van der Waals surface area contributed by atoms with Crippen LogP contribution in [0.1, 0.15) is 34.1 Å². The summed E-state index contributed by atoms with van der Waals surface area (Å²) in [5.41, 5.74) is 0. The lowest BCUT2D eigenvalue weighted by Gasteiger charge is -2.38. The third kappa shape index (κ3) is 5.16. The van der Waals surface area contributed by atoms with Gasteiger partial charge in [-0.2, -0.15) is 0 Å². The molecule has 4 unspecified atom stereocenters. The summed E-state index contributed by atoms with van der Waals surface area (Å²) in [5, 5.41) is 0. The summed E-state index contributed by atoms with van der Waals surface area (Å²) in [5.74, 6) is -1.52. The molecule has 0 aromatic heterocycles. The van der Waals surface area contributed by atoms with E-state index in [1.165, 1.54) is 20.8 Å². The van der Waals surface area contributed by atoms with Crippen molar-refractivity contribution in [2.45, 2.75) is 52.6 Å². The van der Waals surface area contributed by atoms with Gasteiger partial charge < -0.3 is 18.9 Å². The van der Waals surface area contributed by atoms with Gasteiger partial charge in [0.2, 0.25) is 6.29 Å². The van der Waals surface area contributed by atoms with Gasteiger partial charge in [-0.25, -0.2) is 0 Å². The Morgan fingerprint density at radius 2 is 1.65 bits per heavy atom. The van der Waals surface area contributed by atoms with E-state index in [1.54, 1.807) is 0 Å². The first-order valence-corrected chi connectivity index (χ1v) is 6.42. The molecule has 0 N–H and O–H groups in total. The molecule has 1 fully saturated rings. The second-order valence-corrected chi connectivity index (χ2v) is 4.76. The number of carbonyl (C=O) groups excluding carboxylic acids is 3. The molecule has 1 rings (SSSR count). The Kier molecular flexibility index (Phi) is 5.94. The van der Waals surface area contributed by atoms with Gasteiger partial charge in [-0.15, -0.1) is 0 Å². The van der Waals surface area contributed by atoms with Gasteiger partial charge in [0.25, 0.3) is 0 Å². The van der Waals surface area contributed by atoms with Crippen molar-refractivity contribution in [2.24, 2.45) is 5.92 Å². The molecule has 114 valence electrons. The summed E-state index contributed by atoms with van der Waals surface area (Å²) in [6.07, 6.45) is -1.50. The van der Waals surface area contributed by atoms with E-state index in [0.717, 1.165) is 0 Å². The van der Waals surface area contributed by atoms with Gasteiger partial charge in [0.1, 0.15) is 18.8 Å². The van der Waals surface area contributed by atoms with Crippen molar-refractivity contribution in [3.8, 4) is 0 Å². The molecule has 7 nitrogen and oxygen atoms in total. The highest BCUT2D eigenvalue weighted by Crippen LogP contribution is 2.29. The zero-order valence-corrected chi connectivity index (χ0v) is 12.1. The van der Waals surface area contributed by atoms with Crippen LogP contribution in [0.2, 0.25) is 0 Å². The van der Waals surface area contributed by atoms with Crippen molar-refractivity contribution in [2.75, 3.05) is 6.61 Å². The Hall–Kier alpha value is -1.63. The molecule has 20 heavy (non-hydrogen) atoms. The van der Waals surface area contributed by atoms with Crippen molar-refractivity contribution in [3.05, 3.63) is 0 Å². The predicted octanol–water partition coefficient (Wildman–Crippen LogP) is 0.795. The third-order valence-corrected chi connectivity index (χ3v) is 2.99. The zero-order chi connectivity index (χ0) is 15.3. The van der Waals surface area contributed by atoms with Gasteiger partial charge in [-0.1, -0.05) is 6.92 Å². The topological polar surface area (TPSA) is 88.1 Å². The SMILES string of the molecule is CC(=O)OCC1OC(OC(C)=O)CC(OC(C)=O)C1C. The molecule has 1 heterocycles. The van der Waals surface area contributed by atoms with Gasteiger partial charge in [0.15, 0.2) is 0 Å². The molecule has 1 saturated heterocycles. The van der Waals surface area contributed by atoms with E-state index in [1.807, 2.05) is 6.92 Å². The van der Waals surface area contributed by atoms with Crippen LogP contribution >= 0.6 is 0 Å². The minimum Gasteiger partial charge on any atom is -0.463 e. The highest BCUT2D eigenvalue weighted by molar-refractivity contribution is 5.67. The monoisotopic (exact) mass is 288 g/mol. The minimum absolute atomic E-state index is 0.0199. The standard InChI is InChI=1S/C13H20O7/c1-7-11(18-9(3)15)5-13(19-10(4)16)20-12(7)6-17-8(2)14/h7,11-13H,5-6H2,1-4H3. The molecular formula is C13H20O7. The Bertz CT molecular complexity index is 379. The molecule has 1 aliphatic heterocycles. The van der Waals surface area contributed by atoms with Crippen molar-refractivity contribution < 1.29 is 33.3 Å². The molecular weight excluding hydrogens is 268 g/mol. The van der Waals surface area contributed by atoms with Crippen LogP contribution in [0.3, 0.4) is 0 Å². The van der Waals surface area contributed by atoms with Gasteiger partial charge in [-0.05, 0) is 0 Å². The smallest absolute Gasteiger partial charge is 0.304 e. The van der Waals surface area contributed by atoms with Crippen LogP contribution in [0, 0.1) is 5.92 Å². The van der Waals surface area contributed by atoms with Crippen LogP contribution in [0.15, 0.2) is 0 Å². The molecule has 7 heteroatoms. The van der Waals surface area contributed by atoms with E-state index >= 15 is 0 Å². The first-order valence-electron chi connectivity index (χ1n) is 6.42. The number of carbonyl (C=O) groups is 3. The summed E-state index contributed by atoms with van der Waals surface area (Å²) in [6.45, 7) is 5.71. The molecule has 0 bridgehead atoms. The van der Waals surface area contributed by atoms with Crippen LogP contribution in [0.4, 0.5) is 0 Å². The summed E-state index contributed by atoms with van der Waals surface area (Å²) in [4.78, 5) is 33.0. The largest absolute Gasteiger partial charge is 0.463 e. The molecule has 0 radical (unpaired) electrons. The fourth-order valence-electron chi connectivity index (χ4n) is 2.04. The molecule has 0 aliphatic carbocycles. The molecule has 4 atom stereocenters. The van der Waals surface area contributed by atoms with Crippen LogP contribution in [-0.4, -0.2) is 43.0 Å². The average Bonchev–Trinajstić information content (AvgIpc) is 2.29. The number of rotatable bonds is 4. The van der Waals surface area contributed by atoms with Crippen LogP contribution in [-0.2, 0) is 33.3 Å². The molecule has 1 aliphatic rings. The summed E-state index contributed by atoms with van der Waals surface area (Å²) < 4.78 is 20.7. The Morgan fingerprint density at radius 1 is 1.05 bits per heavy atom. The Morgan fingerprint density at radius 3 is 2.15 bits per heavy atom. The highest BCUT2D eigenvalue weighted by atomic mass is 16.7. The molecule has 0 amide bonds. The normalized spacial score (nSPS) is 29.4. The van der Waals surface area contributed by atoms with E-state index in [4.69, 9.17) is 18.9 Å². The predicted molar refractivity (Wildman–Crippen MR) is 66.4 cm³/mol. The minimum atomic E-state index is -0.811. The van der Waals surface area contributed by atoms with E-state index in [-0.39, 0.29) is 18.9 Å². The van der Waals surface area contributed by atoms with Crippen LogP contribution < -0.4 is 0 Å². The number of hydrogen-bond donors (Lipinski definition) is 0. The van der Waals surface area contributed by atoms with Crippen molar-refractivity contribution >= 4 is 17.9 Å². The first kappa shape index (κ1) is 16.4. The maximum atomic E-state index is 11.1. The second-order valence-electron chi connectivity index (χ2n) is 4.76. The quantitative estimate of drug-likeness (QED) is 0.558. The molecule has 0 aromatic carbocycles. The zero-order valence-electron chi connectivity index (χ0n) is 12.1. The molecule has 0 saturated carbocycles. The van der Waals surface area contributed by atoms with Gasteiger partial charge in [0.05, 0.1) is 0 Å². The van der Waals surface area contributed by atoms with E-state index in [0.29, 0.717) is 0 Å². The molecule has 0 spiro atoms. The third-order valence-electron chi connectivity index (χ3n) is 2.99.